The molecule has 1 saturated heterocycles. The van der Waals surface area contributed by atoms with E-state index >= 15 is 0 Å². The molecule has 1 aliphatic heterocycles. The van der Waals surface area contributed by atoms with Gasteiger partial charge in [0.1, 0.15) is 6.10 Å². The second-order valence-electron chi connectivity index (χ2n) is 6.53. The lowest BCUT2D eigenvalue weighted by atomic mass is 10.0. The van der Waals surface area contributed by atoms with Crippen molar-refractivity contribution in [3.63, 3.8) is 0 Å². The molecule has 7 heteroatoms. The van der Waals surface area contributed by atoms with Gasteiger partial charge >= 0.3 is 0 Å². The Kier molecular flexibility index (Phi) is 4.01. The number of H-pyrrole nitrogens is 1. The second kappa shape index (κ2) is 6.33. The van der Waals surface area contributed by atoms with Crippen LogP contribution in [0.2, 0.25) is 0 Å². The van der Waals surface area contributed by atoms with E-state index in [0.29, 0.717) is 13.0 Å². The summed E-state index contributed by atoms with van der Waals surface area (Å²) in [5.74, 6) is 0.000841. The fourth-order valence-electron chi connectivity index (χ4n) is 3.38. The molecule has 1 aromatic carbocycles. The summed E-state index contributed by atoms with van der Waals surface area (Å²) in [5.41, 5.74) is 4.01. The van der Waals surface area contributed by atoms with Gasteiger partial charge in [-0.15, -0.1) is 0 Å². The van der Waals surface area contributed by atoms with E-state index in [4.69, 9.17) is 4.74 Å². The number of ether oxygens (including phenoxy) is 1. The van der Waals surface area contributed by atoms with Crippen molar-refractivity contribution >= 4 is 16.8 Å². The minimum absolute atomic E-state index is 0.000841. The van der Waals surface area contributed by atoms with Crippen molar-refractivity contribution < 1.29 is 9.53 Å². The van der Waals surface area contributed by atoms with Gasteiger partial charge in [0, 0.05) is 30.3 Å². The number of hydrogen-bond donors (Lipinski definition) is 2. The predicted molar refractivity (Wildman–Crippen MR) is 93.0 cm³/mol. The zero-order chi connectivity index (χ0) is 17.4. The lowest BCUT2D eigenvalue weighted by Crippen LogP contribution is -2.37. The first-order valence-electron chi connectivity index (χ1n) is 8.43. The molecule has 2 aromatic heterocycles. The maximum absolute atomic E-state index is 12.5. The van der Waals surface area contributed by atoms with E-state index in [1.807, 2.05) is 43.0 Å². The average molecular weight is 339 g/mol. The van der Waals surface area contributed by atoms with E-state index in [1.54, 1.807) is 6.20 Å². The molecule has 2 N–H and O–H groups in total. The van der Waals surface area contributed by atoms with Gasteiger partial charge in [0.05, 0.1) is 30.4 Å². The summed E-state index contributed by atoms with van der Waals surface area (Å²) in [6, 6.07) is 5.88. The van der Waals surface area contributed by atoms with Gasteiger partial charge in [0.15, 0.2) is 0 Å². The number of hydrogen-bond acceptors (Lipinski definition) is 4. The highest BCUT2D eigenvalue weighted by atomic mass is 16.5. The normalized spacial score (nSPS) is 20.2. The first kappa shape index (κ1) is 15.8. The zero-order valence-electron chi connectivity index (χ0n) is 14.3. The number of aryl methyl sites for hydroxylation is 1. The highest BCUT2D eigenvalue weighted by Gasteiger charge is 2.33. The minimum atomic E-state index is -0.132. The molecule has 130 valence electrons. The number of carbonyl (C=O) groups is 1. The van der Waals surface area contributed by atoms with Crippen LogP contribution in [0.4, 0.5) is 0 Å². The van der Waals surface area contributed by atoms with Crippen molar-refractivity contribution in [2.45, 2.75) is 31.9 Å². The van der Waals surface area contributed by atoms with Crippen molar-refractivity contribution in [2.75, 3.05) is 6.61 Å². The largest absolute Gasteiger partial charge is 0.371 e. The number of aromatic amines is 1. The third kappa shape index (κ3) is 3.02. The van der Waals surface area contributed by atoms with E-state index in [2.05, 4.69) is 20.6 Å². The third-order valence-corrected chi connectivity index (χ3v) is 4.89. The van der Waals surface area contributed by atoms with Crippen LogP contribution < -0.4 is 5.32 Å². The number of amides is 1. The van der Waals surface area contributed by atoms with Crippen LogP contribution in [0.1, 0.15) is 29.3 Å². The molecule has 1 amide bonds. The fraction of sp³-hybridized carbons (Fsp3) is 0.389. The Morgan fingerprint density at radius 2 is 2.32 bits per heavy atom. The van der Waals surface area contributed by atoms with E-state index < -0.39 is 0 Å². The number of carbonyl (C=O) groups excluding carboxylic acids is 1. The van der Waals surface area contributed by atoms with Gasteiger partial charge in [-0.1, -0.05) is 12.1 Å². The van der Waals surface area contributed by atoms with Gasteiger partial charge in [-0.25, -0.2) is 0 Å². The zero-order valence-corrected chi connectivity index (χ0v) is 14.3. The van der Waals surface area contributed by atoms with Crippen LogP contribution in [0.5, 0.6) is 0 Å². The van der Waals surface area contributed by atoms with Gasteiger partial charge in [-0.2, -0.15) is 10.2 Å². The van der Waals surface area contributed by atoms with Crippen molar-refractivity contribution in [1.29, 1.82) is 0 Å². The van der Waals surface area contributed by atoms with E-state index in [0.717, 1.165) is 34.1 Å². The molecule has 0 bridgehead atoms. The number of benzene rings is 1. The van der Waals surface area contributed by atoms with Crippen LogP contribution in [0.25, 0.3) is 10.9 Å². The molecule has 1 aliphatic rings. The number of aromatic nitrogens is 4. The van der Waals surface area contributed by atoms with Gasteiger partial charge in [0.2, 0.25) is 5.91 Å². The monoisotopic (exact) mass is 339 g/mol. The fourth-order valence-corrected chi connectivity index (χ4v) is 3.38. The topological polar surface area (TPSA) is 84.8 Å². The summed E-state index contributed by atoms with van der Waals surface area (Å²) in [6.07, 6.45) is 4.62. The molecule has 25 heavy (non-hydrogen) atoms. The van der Waals surface area contributed by atoms with Crippen molar-refractivity contribution in [1.82, 2.24) is 25.3 Å². The molecule has 3 aromatic rings. The number of rotatable bonds is 4. The lowest BCUT2D eigenvalue weighted by Gasteiger charge is -2.20. The Morgan fingerprint density at radius 1 is 1.44 bits per heavy atom. The average Bonchev–Trinajstić information content (AvgIpc) is 3.29. The molecule has 0 aliphatic carbocycles. The lowest BCUT2D eigenvalue weighted by molar-refractivity contribution is -0.121. The van der Waals surface area contributed by atoms with Crippen LogP contribution in [0.15, 0.2) is 30.6 Å². The van der Waals surface area contributed by atoms with Gasteiger partial charge in [0.25, 0.3) is 0 Å². The van der Waals surface area contributed by atoms with Crippen molar-refractivity contribution in [2.24, 2.45) is 7.05 Å². The van der Waals surface area contributed by atoms with Gasteiger partial charge in [-0.3, -0.25) is 14.6 Å². The smallest absolute Gasteiger partial charge is 0.224 e. The molecule has 0 radical (unpaired) electrons. The Labute approximate surface area is 145 Å². The summed E-state index contributed by atoms with van der Waals surface area (Å²) in [4.78, 5) is 12.5. The van der Waals surface area contributed by atoms with Crippen LogP contribution in [0, 0.1) is 6.92 Å². The third-order valence-electron chi connectivity index (χ3n) is 4.89. The molecule has 3 heterocycles. The second-order valence-corrected chi connectivity index (χ2v) is 6.53. The molecule has 1 fully saturated rings. The van der Waals surface area contributed by atoms with Gasteiger partial charge < -0.3 is 10.1 Å². The maximum atomic E-state index is 12.5. The van der Waals surface area contributed by atoms with E-state index in [1.165, 1.54) is 0 Å². The summed E-state index contributed by atoms with van der Waals surface area (Å²) < 4.78 is 7.69. The highest BCUT2D eigenvalue weighted by molar-refractivity contribution is 5.83. The predicted octanol–water partition coefficient (Wildman–Crippen LogP) is 1.79. The van der Waals surface area contributed by atoms with Crippen LogP contribution in [-0.2, 0) is 23.0 Å². The first-order chi connectivity index (χ1) is 12.1. The number of fused-ring (bicyclic) bond motifs is 1. The molecule has 0 spiro atoms. The Balaban J connectivity index is 1.45. The first-order valence-corrected chi connectivity index (χ1v) is 8.43. The SMILES string of the molecule is Cc1c([C@H]2OCC[C@@H]2NC(=O)Cc2ccc3cn[nH]c3c2)cnn1C. The quantitative estimate of drug-likeness (QED) is 0.759. The molecular formula is C18H21N5O2. The molecule has 4 rings (SSSR count). The Bertz CT molecular complexity index is 913. The summed E-state index contributed by atoms with van der Waals surface area (Å²) in [6.45, 7) is 2.66. The highest BCUT2D eigenvalue weighted by Crippen LogP contribution is 2.31. The van der Waals surface area contributed by atoms with E-state index in [-0.39, 0.29) is 18.1 Å². The summed E-state index contributed by atoms with van der Waals surface area (Å²) >= 11 is 0. The van der Waals surface area contributed by atoms with Crippen molar-refractivity contribution in [3.05, 3.63) is 47.4 Å². The molecule has 7 nitrogen and oxygen atoms in total. The van der Waals surface area contributed by atoms with Crippen LogP contribution in [0.3, 0.4) is 0 Å². The molecule has 0 unspecified atom stereocenters. The molecular weight excluding hydrogens is 318 g/mol. The standard InChI is InChI=1S/C18H21N5O2/c1-11-14(10-20-23(11)2)18-15(5-6-25-18)21-17(24)8-12-3-4-13-9-19-22-16(13)7-12/h3-4,7,9-10,15,18H,5-6,8H2,1-2H3,(H,19,22)(H,21,24)/t15-,18+/m0/s1. The van der Waals surface area contributed by atoms with Crippen LogP contribution >= 0.6 is 0 Å². The number of nitrogens with zero attached hydrogens (tertiary/aromatic N) is 3. The Hall–Kier alpha value is -2.67. The van der Waals surface area contributed by atoms with Crippen molar-refractivity contribution in [3.8, 4) is 0 Å². The summed E-state index contributed by atoms with van der Waals surface area (Å²) in [5, 5.41) is 15.4. The van der Waals surface area contributed by atoms with E-state index in [9.17, 15) is 4.79 Å². The Morgan fingerprint density at radius 3 is 3.12 bits per heavy atom. The maximum Gasteiger partial charge on any atom is 0.224 e. The minimum Gasteiger partial charge on any atom is -0.371 e. The number of nitrogens with one attached hydrogen (secondary N) is 2. The van der Waals surface area contributed by atoms with Crippen LogP contribution in [-0.4, -0.2) is 38.5 Å². The molecule has 2 atom stereocenters. The van der Waals surface area contributed by atoms with Gasteiger partial charge in [-0.05, 0) is 25.0 Å². The summed E-state index contributed by atoms with van der Waals surface area (Å²) in [7, 11) is 1.91. The molecule has 0 saturated carbocycles.